The summed E-state index contributed by atoms with van der Waals surface area (Å²) in [5, 5.41) is 21.4. The van der Waals surface area contributed by atoms with Gasteiger partial charge in [-0.3, -0.25) is 4.79 Å². The van der Waals surface area contributed by atoms with Gasteiger partial charge in [0, 0.05) is 37.0 Å². The molecule has 100 valence electrons. The second kappa shape index (κ2) is 4.15. The van der Waals surface area contributed by atoms with Crippen LogP contribution in [0.1, 0.15) is 21.8 Å². The first-order valence-electron chi connectivity index (χ1n) is 6.15. The summed E-state index contributed by atoms with van der Waals surface area (Å²) in [6, 6.07) is 4.70. The van der Waals surface area contributed by atoms with E-state index in [2.05, 4.69) is 5.32 Å². The van der Waals surface area contributed by atoms with Crippen LogP contribution in [0.15, 0.2) is 18.2 Å². The Bertz CT molecular complexity index is 558. The number of carbonyl (C=O) groups excluding carboxylic acids is 1. The SMILES string of the molecule is O=C1NCC2CN(C(=O)O)CC2c2ccc(O)cc21. The lowest BCUT2D eigenvalue weighted by Crippen LogP contribution is -2.31. The summed E-state index contributed by atoms with van der Waals surface area (Å²) in [5.41, 5.74) is 1.27. The van der Waals surface area contributed by atoms with Crippen LogP contribution in [0.5, 0.6) is 5.75 Å². The Morgan fingerprint density at radius 1 is 1.37 bits per heavy atom. The molecule has 2 aliphatic rings. The number of likely N-dealkylation sites (tertiary alicyclic amines) is 1. The molecule has 2 amide bonds. The molecule has 1 aromatic rings. The van der Waals surface area contributed by atoms with E-state index >= 15 is 0 Å². The Hall–Kier alpha value is -2.24. The molecule has 6 heteroatoms. The van der Waals surface area contributed by atoms with Crippen molar-refractivity contribution < 1.29 is 19.8 Å². The van der Waals surface area contributed by atoms with E-state index in [0.717, 1.165) is 5.56 Å². The number of hydrogen-bond acceptors (Lipinski definition) is 3. The number of carbonyl (C=O) groups is 2. The van der Waals surface area contributed by atoms with Crippen molar-refractivity contribution in [2.24, 2.45) is 5.92 Å². The fraction of sp³-hybridized carbons (Fsp3) is 0.385. The van der Waals surface area contributed by atoms with Crippen LogP contribution in [0.3, 0.4) is 0 Å². The largest absolute Gasteiger partial charge is 0.508 e. The van der Waals surface area contributed by atoms with Crippen molar-refractivity contribution in [3.05, 3.63) is 29.3 Å². The standard InChI is InChI=1S/C13H14N2O4/c16-8-1-2-9-10(3-8)12(17)14-4-7-5-15(13(18)19)6-11(7)9/h1-3,7,11,16H,4-6H2,(H,14,17)(H,18,19). The molecule has 1 saturated heterocycles. The predicted molar refractivity (Wildman–Crippen MR) is 66.3 cm³/mol. The summed E-state index contributed by atoms with van der Waals surface area (Å²) in [6.45, 7) is 1.29. The number of aromatic hydroxyl groups is 1. The van der Waals surface area contributed by atoms with Gasteiger partial charge in [0.05, 0.1) is 0 Å². The lowest BCUT2D eigenvalue weighted by Gasteiger charge is -2.15. The maximum atomic E-state index is 12.0. The summed E-state index contributed by atoms with van der Waals surface area (Å²) in [4.78, 5) is 24.4. The number of hydrogen-bond donors (Lipinski definition) is 3. The Balaban J connectivity index is 2.02. The highest BCUT2D eigenvalue weighted by molar-refractivity contribution is 5.96. The van der Waals surface area contributed by atoms with E-state index in [1.807, 2.05) is 0 Å². The minimum atomic E-state index is -0.931. The van der Waals surface area contributed by atoms with Gasteiger partial charge in [-0.25, -0.2) is 4.79 Å². The predicted octanol–water partition coefficient (Wildman–Crippen LogP) is 0.829. The van der Waals surface area contributed by atoms with Crippen LogP contribution in [0, 0.1) is 5.92 Å². The molecule has 0 aliphatic carbocycles. The smallest absolute Gasteiger partial charge is 0.407 e. The first-order chi connectivity index (χ1) is 9.06. The summed E-state index contributed by atoms with van der Waals surface area (Å²) < 4.78 is 0. The average molecular weight is 262 g/mol. The van der Waals surface area contributed by atoms with Gasteiger partial charge < -0.3 is 20.4 Å². The molecule has 2 atom stereocenters. The molecular formula is C13H14N2O4. The number of nitrogens with zero attached hydrogens (tertiary/aromatic N) is 1. The van der Waals surface area contributed by atoms with Crippen LogP contribution in [-0.2, 0) is 0 Å². The molecule has 2 heterocycles. The van der Waals surface area contributed by atoms with Crippen LogP contribution >= 0.6 is 0 Å². The van der Waals surface area contributed by atoms with E-state index in [4.69, 9.17) is 5.11 Å². The summed E-state index contributed by atoms with van der Waals surface area (Å²) in [5.74, 6) is -0.0703. The molecular weight excluding hydrogens is 248 g/mol. The molecule has 3 N–H and O–H groups in total. The Morgan fingerprint density at radius 2 is 2.16 bits per heavy atom. The molecule has 1 aromatic carbocycles. The zero-order valence-electron chi connectivity index (χ0n) is 10.2. The highest BCUT2D eigenvalue weighted by Crippen LogP contribution is 2.37. The van der Waals surface area contributed by atoms with E-state index in [1.165, 1.54) is 17.0 Å². The van der Waals surface area contributed by atoms with Crippen LogP contribution < -0.4 is 5.32 Å². The first-order valence-corrected chi connectivity index (χ1v) is 6.15. The highest BCUT2D eigenvalue weighted by atomic mass is 16.4. The third-order valence-corrected chi connectivity index (χ3v) is 3.92. The molecule has 0 spiro atoms. The number of phenolic OH excluding ortho intramolecular Hbond substituents is 1. The van der Waals surface area contributed by atoms with Crippen molar-refractivity contribution in [3.63, 3.8) is 0 Å². The Morgan fingerprint density at radius 3 is 2.89 bits per heavy atom. The minimum Gasteiger partial charge on any atom is -0.508 e. The van der Waals surface area contributed by atoms with Gasteiger partial charge in [-0.05, 0) is 17.7 Å². The number of phenols is 1. The molecule has 19 heavy (non-hydrogen) atoms. The number of carboxylic acid groups (broad SMARTS) is 1. The van der Waals surface area contributed by atoms with Crippen molar-refractivity contribution >= 4 is 12.0 Å². The second-order valence-electron chi connectivity index (χ2n) is 5.04. The number of benzene rings is 1. The van der Waals surface area contributed by atoms with E-state index in [-0.39, 0.29) is 23.5 Å². The van der Waals surface area contributed by atoms with Gasteiger partial charge in [-0.2, -0.15) is 0 Å². The van der Waals surface area contributed by atoms with Crippen LogP contribution in [0.25, 0.3) is 0 Å². The third kappa shape index (κ3) is 1.89. The first kappa shape index (κ1) is 11.8. The maximum Gasteiger partial charge on any atom is 0.407 e. The van der Waals surface area contributed by atoms with Crippen LogP contribution in [0.2, 0.25) is 0 Å². The number of fused-ring (bicyclic) bond motifs is 3. The molecule has 6 nitrogen and oxygen atoms in total. The number of nitrogens with one attached hydrogen (secondary N) is 1. The van der Waals surface area contributed by atoms with Crippen LogP contribution in [0.4, 0.5) is 4.79 Å². The minimum absolute atomic E-state index is 0.00523. The van der Waals surface area contributed by atoms with Crippen molar-refractivity contribution in [2.75, 3.05) is 19.6 Å². The normalized spacial score (nSPS) is 25.3. The molecule has 2 aliphatic heterocycles. The van der Waals surface area contributed by atoms with Gasteiger partial charge in [0.1, 0.15) is 5.75 Å². The van der Waals surface area contributed by atoms with E-state index in [1.54, 1.807) is 6.07 Å². The van der Waals surface area contributed by atoms with E-state index < -0.39 is 6.09 Å². The third-order valence-electron chi connectivity index (χ3n) is 3.92. The molecule has 0 bridgehead atoms. The molecule has 1 fully saturated rings. The zero-order valence-corrected chi connectivity index (χ0v) is 10.2. The fourth-order valence-electron chi connectivity index (χ4n) is 2.97. The van der Waals surface area contributed by atoms with Gasteiger partial charge >= 0.3 is 6.09 Å². The molecule has 0 saturated carbocycles. The molecule has 2 unspecified atom stereocenters. The van der Waals surface area contributed by atoms with Crippen molar-refractivity contribution in [2.45, 2.75) is 5.92 Å². The van der Waals surface area contributed by atoms with Gasteiger partial charge in [0.2, 0.25) is 0 Å². The van der Waals surface area contributed by atoms with Crippen molar-refractivity contribution in [1.82, 2.24) is 10.2 Å². The van der Waals surface area contributed by atoms with Crippen LogP contribution in [-0.4, -0.2) is 46.7 Å². The summed E-state index contributed by atoms with van der Waals surface area (Å²) >= 11 is 0. The van der Waals surface area contributed by atoms with Gasteiger partial charge in [-0.15, -0.1) is 0 Å². The monoisotopic (exact) mass is 262 g/mol. The number of rotatable bonds is 0. The topological polar surface area (TPSA) is 89.9 Å². The maximum absolute atomic E-state index is 12.0. The van der Waals surface area contributed by atoms with E-state index in [9.17, 15) is 14.7 Å². The molecule has 3 rings (SSSR count). The summed E-state index contributed by atoms with van der Waals surface area (Å²) in [7, 11) is 0. The average Bonchev–Trinajstić information content (AvgIpc) is 2.75. The molecule has 0 aromatic heterocycles. The van der Waals surface area contributed by atoms with Gasteiger partial charge in [-0.1, -0.05) is 6.07 Å². The molecule has 0 radical (unpaired) electrons. The fourth-order valence-corrected chi connectivity index (χ4v) is 2.97. The Labute approximate surface area is 109 Å². The van der Waals surface area contributed by atoms with Crippen molar-refractivity contribution in [1.29, 1.82) is 0 Å². The highest BCUT2D eigenvalue weighted by Gasteiger charge is 2.39. The van der Waals surface area contributed by atoms with Gasteiger partial charge in [0.25, 0.3) is 5.91 Å². The lowest BCUT2D eigenvalue weighted by atomic mass is 9.87. The lowest BCUT2D eigenvalue weighted by molar-refractivity contribution is 0.0951. The Kier molecular flexibility index (Phi) is 2.58. The van der Waals surface area contributed by atoms with Crippen molar-refractivity contribution in [3.8, 4) is 5.75 Å². The second-order valence-corrected chi connectivity index (χ2v) is 5.04. The van der Waals surface area contributed by atoms with E-state index in [0.29, 0.717) is 25.2 Å². The zero-order chi connectivity index (χ0) is 13.6. The summed E-state index contributed by atoms with van der Waals surface area (Å²) in [6.07, 6.45) is -0.931. The quantitative estimate of drug-likeness (QED) is 0.646. The number of amides is 2. The van der Waals surface area contributed by atoms with Gasteiger partial charge in [0.15, 0.2) is 0 Å².